The Morgan fingerprint density at radius 1 is 1.17 bits per heavy atom. The highest BCUT2D eigenvalue weighted by Gasteiger charge is 2.35. The molecule has 0 unspecified atom stereocenters. The van der Waals surface area contributed by atoms with Crippen LogP contribution in [0.3, 0.4) is 0 Å². The van der Waals surface area contributed by atoms with Crippen molar-refractivity contribution in [2.24, 2.45) is 0 Å². The first-order valence-corrected chi connectivity index (χ1v) is 10.4. The van der Waals surface area contributed by atoms with Gasteiger partial charge in [0.2, 0.25) is 0 Å². The molecule has 0 N–H and O–H groups in total. The van der Waals surface area contributed by atoms with Crippen molar-refractivity contribution >= 4 is 38.3 Å². The molecule has 0 bridgehead atoms. The van der Waals surface area contributed by atoms with Crippen molar-refractivity contribution < 1.29 is 9.53 Å². The summed E-state index contributed by atoms with van der Waals surface area (Å²) in [7, 11) is 0. The average Bonchev–Trinajstić information content (AvgIpc) is 3.11. The Morgan fingerprint density at radius 2 is 1.90 bits per heavy atom. The molecule has 5 nitrogen and oxygen atoms in total. The van der Waals surface area contributed by atoms with E-state index in [9.17, 15) is 9.59 Å². The molecule has 0 saturated carbocycles. The van der Waals surface area contributed by atoms with Crippen LogP contribution in [0.4, 0.5) is 0 Å². The number of ether oxygens (including phenoxy) is 1. The predicted octanol–water partition coefficient (Wildman–Crippen LogP) is 4.88. The molecule has 4 aromatic rings. The van der Waals surface area contributed by atoms with Crippen molar-refractivity contribution in [2.45, 2.75) is 33.2 Å². The van der Waals surface area contributed by atoms with Crippen molar-refractivity contribution in [1.82, 2.24) is 9.55 Å². The van der Waals surface area contributed by atoms with E-state index < -0.39 is 11.5 Å². The molecule has 148 valence electrons. The Bertz CT molecular complexity index is 1300. The van der Waals surface area contributed by atoms with Crippen molar-refractivity contribution in [1.29, 1.82) is 0 Å². The monoisotopic (exact) mass is 406 g/mol. The molecule has 0 saturated heterocycles. The summed E-state index contributed by atoms with van der Waals surface area (Å²) in [5.41, 5.74) is 0.413. The lowest BCUT2D eigenvalue weighted by Gasteiger charge is -2.26. The van der Waals surface area contributed by atoms with Gasteiger partial charge in [0.25, 0.3) is 5.56 Å². The third-order valence-corrected chi connectivity index (χ3v) is 6.04. The number of carbonyl (C=O) groups is 1. The topological polar surface area (TPSA) is 61.2 Å². The number of esters is 1. The third kappa shape index (κ3) is 3.13. The van der Waals surface area contributed by atoms with E-state index in [1.165, 1.54) is 15.9 Å². The van der Waals surface area contributed by atoms with Crippen molar-refractivity contribution in [2.75, 3.05) is 6.61 Å². The molecular weight excluding hydrogens is 384 g/mol. The van der Waals surface area contributed by atoms with Crippen molar-refractivity contribution in [3.63, 3.8) is 0 Å². The quantitative estimate of drug-likeness (QED) is 0.453. The maximum absolute atomic E-state index is 13.5. The minimum atomic E-state index is -1.15. The van der Waals surface area contributed by atoms with Crippen LogP contribution in [0.1, 0.15) is 26.6 Å². The first-order chi connectivity index (χ1) is 13.8. The number of carbonyl (C=O) groups excluding carboxylic acids is 1. The Hall–Kier alpha value is -2.99. The molecule has 0 amide bonds. The maximum Gasteiger partial charge on any atom is 0.331 e. The molecule has 4 rings (SSSR count). The molecule has 0 spiro atoms. The zero-order valence-electron chi connectivity index (χ0n) is 16.9. The van der Waals surface area contributed by atoms with Crippen LogP contribution in [0.25, 0.3) is 32.1 Å². The Balaban J connectivity index is 1.96. The highest BCUT2D eigenvalue weighted by Crippen LogP contribution is 2.33. The van der Waals surface area contributed by atoms with Gasteiger partial charge < -0.3 is 4.74 Å². The summed E-state index contributed by atoms with van der Waals surface area (Å²) in [6.07, 6.45) is 0. The van der Waals surface area contributed by atoms with Crippen LogP contribution in [-0.2, 0) is 15.1 Å². The summed E-state index contributed by atoms with van der Waals surface area (Å²) in [4.78, 5) is 31.4. The third-order valence-electron chi connectivity index (χ3n) is 5.17. The lowest BCUT2D eigenvalue weighted by atomic mass is 10.0. The SMILES string of the molecule is CCOC(=O)C(C)(C)n1c(C)nc2scc(-c3ccc4ccccc4c3)c2c1=O. The van der Waals surface area contributed by atoms with E-state index in [4.69, 9.17) is 4.74 Å². The largest absolute Gasteiger partial charge is 0.464 e. The van der Waals surface area contributed by atoms with E-state index in [2.05, 4.69) is 29.2 Å². The van der Waals surface area contributed by atoms with Gasteiger partial charge in [-0.05, 0) is 50.1 Å². The molecular formula is C23H22N2O3S. The van der Waals surface area contributed by atoms with E-state index in [1.807, 2.05) is 23.6 Å². The fourth-order valence-corrected chi connectivity index (χ4v) is 4.70. The van der Waals surface area contributed by atoms with Gasteiger partial charge in [-0.15, -0.1) is 11.3 Å². The molecule has 0 aliphatic heterocycles. The van der Waals surface area contributed by atoms with Crippen molar-refractivity contribution in [3.05, 3.63) is 64.0 Å². The number of benzene rings is 2. The van der Waals surface area contributed by atoms with Gasteiger partial charge in [-0.3, -0.25) is 9.36 Å². The van der Waals surface area contributed by atoms with Gasteiger partial charge in [-0.25, -0.2) is 9.78 Å². The molecule has 0 aliphatic rings. The summed E-state index contributed by atoms with van der Waals surface area (Å²) in [6, 6.07) is 14.3. The number of aromatic nitrogens is 2. The summed E-state index contributed by atoms with van der Waals surface area (Å²) in [5, 5.41) is 4.75. The number of nitrogens with zero attached hydrogens (tertiary/aromatic N) is 2. The Labute approximate surface area is 172 Å². The number of hydrogen-bond acceptors (Lipinski definition) is 5. The second-order valence-corrected chi connectivity index (χ2v) is 8.33. The molecule has 2 aromatic carbocycles. The van der Waals surface area contributed by atoms with Crippen LogP contribution in [0.5, 0.6) is 0 Å². The van der Waals surface area contributed by atoms with Crippen LogP contribution in [0.15, 0.2) is 52.6 Å². The van der Waals surface area contributed by atoms with Gasteiger partial charge in [0.15, 0.2) is 0 Å². The molecule has 0 radical (unpaired) electrons. The van der Waals surface area contributed by atoms with Gasteiger partial charge in [0.05, 0.1) is 12.0 Å². The van der Waals surface area contributed by atoms with Gasteiger partial charge in [-0.1, -0.05) is 36.4 Å². The zero-order chi connectivity index (χ0) is 20.8. The summed E-state index contributed by atoms with van der Waals surface area (Å²) in [6.45, 7) is 7.13. The average molecular weight is 407 g/mol. The number of thiophene rings is 1. The van der Waals surface area contributed by atoms with Crippen LogP contribution >= 0.6 is 11.3 Å². The lowest BCUT2D eigenvalue weighted by molar-refractivity contribution is -0.152. The summed E-state index contributed by atoms with van der Waals surface area (Å²) >= 11 is 1.44. The Kier molecular flexibility index (Phi) is 4.74. The molecule has 0 fully saturated rings. The second-order valence-electron chi connectivity index (χ2n) is 7.47. The van der Waals surface area contributed by atoms with Crippen LogP contribution in [-0.4, -0.2) is 22.1 Å². The molecule has 2 aromatic heterocycles. The van der Waals surface area contributed by atoms with Crippen LogP contribution in [0, 0.1) is 6.92 Å². The van der Waals surface area contributed by atoms with E-state index in [-0.39, 0.29) is 12.2 Å². The molecule has 0 aliphatic carbocycles. The fraction of sp³-hybridized carbons (Fsp3) is 0.261. The zero-order valence-corrected chi connectivity index (χ0v) is 17.7. The highest BCUT2D eigenvalue weighted by atomic mass is 32.1. The minimum Gasteiger partial charge on any atom is -0.464 e. The minimum absolute atomic E-state index is 0.227. The fourth-order valence-electron chi connectivity index (χ4n) is 3.72. The number of hydrogen-bond donors (Lipinski definition) is 0. The Morgan fingerprint density at radius 3 is 2.62 bits per heavy atom. The molecule has 29 heavy (non-hydrogen) atoms. The maximum atomic E-state index is 13.5. The molecule has 6 heteroatoms. The first kappa shape index (κ1) is 19.3. The smallest absolute Gasteiger partial charge is 0.331 e. The van der Waals surface area contributed by atoms with Gasteiger partial charge in [0.1, 0.15) is 16.2 Å². The van der Waals surface area contributed by atoms with Gasteiger partial charge in [-0.2, -0.15) is 0 Å². The van der Waals surface area contributed by atoms with E-state index >= 15 is 0 Å². The predicted molar refractivity (Wildman–Crippen MR) is 118 cm³/mol. The normalized spacial score (nSPS) is 11.9. The van der Waals surface area contributed by atoms with Crippen LogP contribution in [0.2, 0.25) is 0 Å². The van der Waals surface area contributed by atoms with E-state index in [1.54, 1.807) is 27.7 Å². The number of aryl methyl sites for hydroxylation is 1. The second kappa shape index (κ2) is 7.12. The summed E-state index contributed by atoms with van der Waals surface area (Å²) in [5.74, 6) is 0.0429. The lowest BCUT2D eigenvalue weighted by Crippen LogP contribution is -2.45. The van der Waals surface area contributed by atoms with Crippen molar-refractivity contribution in [3.8, 4) is 11.1 Å². The molecule has 0 atom stereocenters. The summed E-state index contributed by atoms with van der Waals surface area (Å²) < 4.78 is 6.65. The van der Waals surface area contributed by atoms with Crippen LogP contribution < -0.4 is 5.56 Å². The number of rotatable bonds is 4. The van der Waals surface area contributed by atoms with E-state index in [0.717, 1.165) is 21.9 Å². The van der Waals surface area contributed by atoms with Gasteiger partial charge in [0, 0.05) is 10.9 Å². The standard InChI is InChI=1S/C23H22N2O3S/c1-5-28-22(27)23(3,4)25-14(2)24-20-19(21(25)26)18(13-29-20)17-11-10-15-8-6-7-9-16(15)12-17/h6-13H,5H2,1-4H3. The highest BCUT2D eigenvalue weighted by molar-refractivity contribution is 7.17. The molecule has 2 heterocycles. The first-order valence-electron chi connectivity index (χ1n) is 9.52. The van der Waals surface area contributed by atoms with E-state index in [0.29, 0.717) is 16.0 Å². The van der Waals surface area contributed by atoms with Gasteiger partial charge >= 0.3 is 5.97 Å². The number of fused-ring (bicyclic) bond motifs is 2.